The van der Waals surface area contributed by atoms with Crippen molar-refractivity contribution in [3.63, 3.8) is 0 Å². The molecule has 2 N–H and O–H groups in total. The van der Waals surface area contributed by atoms with Crippen molar-refractivity contribution in [2.24, 2.45) is 5.92 Å². The second-order valence-corrected chi connectivity index (χ2v) is 6.38. The summed E-state index contributed by atoms with van der Waals surface area (Å²) in [6.07, 6.45) is 3.40. The molecule has 0 aromatic rings. The van der Waals surface area contributed by atoms with Gasteiger partial charge in [-0.25, -0.2) is 0 Å². The molecule has 1 atom stereocenters. The first-order valence-corrected chi connectivity index (χ1v) is 7.80. The van der Waals surface area contributed by atoms with Crippen molar-refractivity contribution in [1.29, 1.82) is 0 Å². The average molecular weight is 258 g/mol. The van der Waals surface area contributed by atoms with E-state index in [0.29, 0.717) is 23.0 Å². The second-order valence-electron chi connectivity index (χ2n) is 5.09. The van der Waals surface area contributed by atoms with Gasteiger partial charge in [0.1, 0.15) is 0 Å². The topological polar surface area (TPSA) is 41.1 Å². The molecule has 100 valence electrons. The third-order valence-electron chi connectivity index (χ3n) is 3.33. The molecular weight excluding hydrogens is 232 g/mol. The highest BCUT2D eigenvalue weighted by atomic mass is 32.2. The van der Waals surface area contributed by atoms with E-state index < -0.39 is 0 Å². The Morgan fingerprint density at radius 2 is 2.06 bits per heavy atom. The van der Waals surface area contributed by atoms with Gasteiger partial charge in [0, 0.05) is 11.3 Å². The molecule has 1 fully saturated rings. The summed E-state index contributed by atoms with van der Waals surface area (Å²) in [4.78, 5) is 11.8. The van der Waals surface area contributed by atoms with Crippen LogP contribution < -0.4 is 10.6 Å². The monoisotopic (exact) mass is 258 g/mol. The molecule has 1 amide bonds. The molecule has 1 heterocycles. The van der Waals surface area contributed by atoms with Crippen LogP contribution >= 0.6 is 11.8 Å². The number of nitrogens with one attached hydrogen (secondary N) is 2. The van der Waals surface area contributed by atoms with Crippen LogP contribution in [0.3, 0.4) is 0 Å². The lowest BCUT2D eigenvalue weighted by molar-refractivity contribution is -0.119. The van der Waals surface area contributed by atoms with Gasteiger partial charge in [-0.1, -0.05) is 20.8 Å². The van der Waals surface area contributed by atoms with Gasteiger partial charge in [0.15, 0.2) is 0 Å². The van der Waals surface area contributed by atoms with Crippen molar-refractivity contribution >= 4 is 17.7 Å². The van der Waals surface area contributed by atoms with Gasteiger partial charge in [-0.05, 0) is 38.3 Å². The first-order chi connectivity index (χ1) is 8.13. The van der Waals surface area contributed by atoms with Crippen LogP contribution in [0.4, 0.5) is 0 Å². The normalized spacial score (nSPS) is 19.3. The molecule has 0 spiro atoms. The van der Waals surface area contributed by atoms with Crippen LogP contribution in [0.15, 0.2) is 0 Å². The van der Waals surface area contributed by atoms with Crippen LogP contribution in [-0.2, 0) is 4.79 Å². The van der Waals surface area contributed by atoms with E-state index in [1.165, 1.54) is 12.8 Å². The maximum Gasteiger partial charge on any atom is 0.230 e. The summed E-state index contributed by atoms with van der Waals surface area (Å²) < 4.78 is 0. The summed E-state index contributed by atoms with van der Waals surface area (Å²) in [6.45, 7) is 8.65. The van der Waals surface area contributed by atoms with Crippen LogP contribution in [0, 0.1) is 5.92 Å². The Morgan fingerprint density at radius 1 is 1.41 bits per heavy atom. The van der Waals surface area contributed by atoms with Gasteiger partial charge in [-0.15, -0.1) is 11.8 Å². The van der Waals surface area contributed by atoms with Crippen molar-refractivity contribution in [3.8, 4) is 0 Å². The molecule has 0 saturated carbocycles. The Morgan fingerprint density at radius 3 is 2.59 bits per heavy atom. The molecule has 0 radical (unpaired) electrons. The lowest BCUT2D eigenvalue weighted by atomic mass is 10.0. The van der Waals surface area contributed by atoms with E-state index in [1.807, 2.05) is 11.8 Å². The molecule has 1 unspecified atom stereocenters. The molecule has 0 aliphatic carbocycles. The van der Waals surface area contributed by atoms with Gasteiger partial charge in [-0.2, -0.15) is 0 Å². The number of hydrogen-bond donors (Lipinski definition) is 2. The molecule has 1 saturated heterocycles. The zero-order valence-corrected chi connectivity index (χ0v) is 12.1. The highest BCUT2D eigenvalue weighted by molar-refractivity contribution is 8.00. The first-order valence-electron chi connectivity index (χ1n) is 6.75. The summed E-state index contributed by atoms with van der Waals surface area (Å²) in [5.74, 6) is 1.34. The highest BCUT2D eigenvalue weighted by Crippen LogP contribution is 2.19. The molecular formula is C13H26N2OS. The zero-order chi connectivity index (χ0) is 12.7. The van der Waals surface area contributed by atoms with Gasteiger partial charge in [-0.3, -0.25) is 4.79 Å². The Kier molecular flexibility index (Phi) is 6.97. The van der Waals surface area contributed by atoms with Crippen molar-refractivity contribution < 1.29 is 4.79 Å². The summed E-state index contributed by atoms with van der Waals surface area (Å²) in [5.41, 5.74) is 0. The van der Waals surface area contributed by atoms with Crippen LogP contribution in [0.1, 0.15) is 40.0 Å². The fourth-order valence-electron chi connectivity index (χ4n) is 2.14. The van der Waals surface area contributed by atoms with E-state index in [2.05, 4.69) is 31.4 Å². The Balaban J connectivity index is 2.19. The number of carbonyl (C=O) groups excluding carboxylic acids is 1. The van der Waals surface area contributed by atoms with Crippen LogP contribution in [0.5, 0.6) is 0 Å². The van der Waals surface area contributed by atoms with E-state index in [1.54, 1.807) is 0 Å². The fourth-order valence-corrected chi connectivity index (χ4v) is 3.18. The van der Waals surface area contributed by atoms with Gasteiger partial charge in [0.05, 0.1) is 5.75 Å². The molecule has 4 heteroatoms. The van der Waals surface area contributed by atoms with E-state index in [0.717, 1.165) is 19.5 Å². The molecule has 1 aliphatic rings. The number of amides is 1. The molecule has 17 heavy (non-hydrogen) atoms. The third kappa shape index (κ3) is 5.77. The number of hydrogen-bond acceptors (Lipinski definition) is 3. The van der Waals surface area contributed by atoms with Crippen LogP contribution in [-0.4, -0.2) is 36.0 Å². The first kappa shape index (κ1) is 14.8. The predicted molar refractivity (Wildman–Crippen MR) is 75.4 cm³/mol. The maximum atomic E-state index is 11.8. The fraction of sp³-hybridized carbons (Fsp3) is 0.923. The number of carbonyl (C=O) groups is 1. The van der Waals surface area contributed by atoms with Gasteiger partial charge < -0.3 is 10.6 Å². The van der Waals surface area contributed by atoms with E-state index in [4.69, 9.17) is 0 Å². The minimum Gasteiger partial charge on any atom is -0.352 e. The Bertz CT molecular complexity index is 227. The number of thioether (sulfide) groups is 1. The number of rotatable bonds is 6. The summed E-state index contributed by atoms with van der Waals surface area (Å²) in [5, 5.41) is 7.14. The Labute approximate surface area is 109 Å². The Hall–Kier alpha value is -0.220. The van der Waals surface area contributed by atoms with Gasteiger partial charge in [0.2, 0.25) is 5.91 Å². The van der Waals surface area contributed by atoms with Crippen LogP contribution in [0.2, 0.25) is 0 Å². The highest BCUT2D eigenvalue weighted by Gasteiger charge is 2.17. The largest absolute Gasteiger partial charge is 0.352 e. The quantitative estimate of drug-likeness (QED) is 0.766. The summed E-state index contributed by atoms with van der Waals surface area (Å²) >= 11 is 1.82. The van der Waals surface area contributed by atoms with Crippen LogP contribution in [0.25, 0.3) is 0 Å². The molecule has 1 aliphatic heterocycles. The smallest absolute Gasteiger partial charge is 0.230 e. The molecule has 1 rings (SSSR count). The van der Waals surface area contributed by atoms with E-state index in [-0.39, 0.29) is 5.91 Å². The van der Waals surface area contributed by atoms with E-state index in [9.17, 15) is 4.79 Å². The lowest BCUT2D eigenvalue weighted by Crippen LogP contribution is -2.39. The van der Waals surface area contributed by atoms with Gasteiger partial charge in [0.25, 0.3) is 0 Å². The lowest BCUT2D eigenvalue weighted by Gasteiger charge is -2.23. The standard InChI is InChI=1S/C13H26N2OS/c1-4-12(10(2)3)15-13(16)9-17-11-5-7-14-8-6-11/h10-12,14H,4-9H2,1-3H3,(H,15,16). The molecule has 0 aromatic carbocycles. The van der Waals surface area contributed by atoms with Crippen molar-refractivity contribution in [3.05, 3.63) is 0 Å². The van der Waals surface area contributed by atoms with Crippen molar-refractivity contribution in [2.45, 2.75) is 51.3 Å². The molecule has 3 nitrogen and oxygen atoms in total. The van der Waals surface area contributed by atoms with Crippen molar-refractivity contribution in [2.75, 3.05) is 18.8 Å². The molecule has 0 aromatic heterocycles. The molecule has 0 bridgehead atoms. The maximum absolute atomic E-state index is 11.8. The summed E-state index contributed by atoms with van der Waals surface area (Å²) in [7, 11) is 0. The van der Waals surface area contributed by atoms with E-state index >= 15 is 0 Å². The minimum absolute atomic E-state index is 0.203. The minimum atomic E-state index is 0.203. The summed E-state index contributed by atoms with van der Waals surface area (Å²) in [6, 6.07) is 0.330. The second kappa shape index (κ2) is 7.98. The number of piperidine rings is 1. The average Bonchev–Trinajstić information content (AvgIpc) is 2.34. The predicted octanol–water partition coefficient (Wildman–Crippen LogP) is 2.02. The van der Waals surface area contributed by atoms with Crippen molar-refractivity contribution in [1.82, 2.24) is 10.6 Å². The zero-order valence-electron chi connectivity index (χ0n) is 11.3. The SMILES string of the molecule is CCC(NC(=O)CSC1CCNCC1)C(C)C. The van der Waals surface area contributed by atoms with Gasteiger partial charge >= 0.3 is 0 Å². The third-order valence-corrected chi connectivity index (χ3v) is 4.70.